The van der Waals surface area contributed by atoms with Crippen LogP contribution in [0.3, 0.4) is 0 Å². The van der Waals surface area contributed by atoms with Gasteiger partial charge in [0.2, 0.25) is 0 Å². The zero-order valence-corrected chi connectivity index (χ0v) is 12.5. The van der Waals surface area contributed by atoms with Crippen LogP contribution in [0.4, 0.5) is 0 Å². The lowest BCUT2D eigenvalue weighted by molar-refractivity contribution is 0.152. The predicted octanol–water partition coefficient (Wildman–Crippen LogP) is 3.27. The van der Waals surface area contributed by atoms with Gasteiger partial charge in [-0.15, -0.1) is 0 Å². The second-order valence-electron chi connectivity index (χ2n) is 6.18. The van der Waals surface area contributed by atoms with Crippen LogP contribution in [0.5, 0.6) is 0 Å². The monoisotopic (exact) mass is 240 g/mol. The van der Waals surface area contributed by atoms with E-state index in [2.05, 4.69) is 44.8 Å². The van der Waals surface area contributed by atoms with Crippen LogP contribution in [-0.4, -0.2) is 36.1 Å². The Kier molecular flexibility index (Phi) is 6.50. The lowest BCUT2D eigenvalue weighted by Crippen LogP contribution is -2.45. The number of rotatable bonds is 4. The van der Waals surface area contributed by atoms with E-state index < -0.39 is 0 Å². The van der Waals surface area contributed by atoms with E-state index in [0.29, 0.717) is 12.1 Å². The molecule has 4 unspecified atom stereocenters. The van der Waals surface area contributed by atoms with E-state index in [0.717, 1.165) is 12.0 Å². The molecule has 0 aromatic rings. The van der Waals surface area contributed by atoms with E-state index in [1.54, 1.807) is 0 Å². The van der Waals surface area contributed by atoms with E-state index in [4.69, 9.17) is 0 Å². The Morgan fingerprint density at radius 1 is 1.12 bits per heavy atom. The van der Waals surface area contributed by atoms with Crippen LogP contribution in [0.1, 0.15) is 60.3 Å². The fourth-order valence-electron chi connectivity index (χ4n) is 2.82. The first-order chi connectivity index (χ1) is 8.02. The summed E-state index contributed by atoms with van der Waals surface area (Å²) in [5.41, 5.74) is 0. The van der Waals surface area contributed by atoms with E-state index in [-0.39, 0.29) is 0 Å². The van der Waals surface area contributed by atoms with E-state index in [1.165, 1.54) is 38.8 Å². The molecule has 0 saturated carbocycles. The van der Waals surface area contributed by atoms with E-state index in [1.807, 2.05) is 0 Å². The third kappa shape index (κ3) is 5.39. The molecular formula is C15H32N2. The molecule has 0 aromatic carbocycles. The molecule has 1 N–H and O–H groups in total. The molecule has 4 atom stereocenters. The van der Waals surface area contributed by atoms with Crippen LogP contribution in [0.15, 0.2) is 0 Å². The van der Waals surface area contributed by atoms with E-state index >= 15 is 0 Å². The second-order valence-corrected chi connectivity index (χ2v) is 6.18. The maximum atomic E-state index is 3.67. The number of nitrogens with one attached hydrogen (secondary N) is 1. The number of hydrogen-bond acceptors (Lipinski definition) is 2. The topological polar surface area (TPSA) is 15.3 Å². The highest BCUT2D eigenvalue weighted by atomic mass is 15.2. The average Bonchev–Trinajstić information content (AvgIpc) is 2.26. The summed E-state index contributed by atoms with van der Waals surface area (Å²) in [5, 5.41) is 3.67. The largest absolute Gasteiger partial charge is 0.312 e. The normalized spacial score (nSPS) is 31.6. The van der Waals surface area contributed by atoms with Crippen LogP contribution in [0.25, 0.3) is 0 Å². The maximum Gasteiger partial charge on any atom is 0.00694 e. The van der Waals surface area contributed by atoms with Gasteiger partial charge in [-0.2, -0.15) is 0 Å². The summed E-state index contributed by atoms with van der Waals surface area (Å²) in [4.78, 5) is 2.71. The maximum absolute atomic E-state index is 3.67. The SMILES string of the molecule is CCC(C)CC(C)N1CCC(C)NC(C)CC1. The third-order valence-electron chi connectivity index (χ3n) is 4.33. The Balaban J connectivity index is 2.44. The molecule has 2 heteroatoms. The zero-order chi connectivity index (χ0) is 12.8. The molecule has 102 valence electrons. The van der Waals surface area contributed by atoms with Crippen LogP contribution in [0, 0.1) is 5.92 Å². The van der Waals surface area contributed by atoms with Gasteiger partial charge in [0, 0.05) is 18.1 Å². The van der Waals surface area contributed by atoms with Crippen molar-refractivity contribution in [3.05, 3.63) is 0 Å². The second kappa shape index (κ2) is 7.38. The average molecular weight is 240 g/mol. The van der Waals surface area contributed by atoms with Crippen LogP contribution in [0.2, 0.25) is 0 Å². The van der Waals surface area contributed by atoms with Crippen molar-refractivity contribution in [3.8, 4) is 0 Å². The molecule has 1 fully saturated rings. The Hall–Kier alpha value is -0.0800. The van der Waals surface area contributed by atoms with Crippen molar-refractivity contribution in [3.63, 3.8) is 0 Å². The van der Waals surface area contributed by atoms with Crippen LogP contribution < -0.4 is 5.32 Å². The Morgan fingerprint density at radius 3 is 2.12 bits per heavy atom. The third-order valence-corrected chi connectivity index (χ3v) is 4.33. The fourth-order valence-corrected chi connectivity index (χ4v) is 2.82. The lowest BCUT2D eigenvalue weighted by atomic mass is 9.98. The minimum Gasteiger partial charge on any atom is -0.312 e. The summed E-state index contributed by atoms with van der Waals surface area (Å²) < 4.78 is 0. The van der Waals surface area contributed by atoms with Gasteiger partial charge in [-0.3, -0.25) is 0 Å². The number of nitrogens with zero attached hydrogens (tertiary/aromatic N) is 1. The van der Waals surface area contributed by atoms with Gasteiger partial charge in [-0.1, -0.05) is 20.3 Å². The van der Waals surface area contributed by atoms with Gasteiger partial charge in [-0.25, -0.2) is 0 Å². The number of hydrogen-bond donors (Lipinski definition) is 1. The minimum atomic E-state index is 0.670. The highest BCUT2D eigenvalue weighted by molar-refractivity contribution is 4.78. The van der Waals surface area contributed by atoms with Crippen molar-refractivity contribution >= 4 is 0 Å². The van der Waals surface area contributed by atoms with Gasteiger partial charge in [0.15, 0.2) is 0 Å². The molecule has 1 rings (SSSR count). The predicted molar refractivity (Wildman–Crippen MR) is 76.4 cm³/mol. The zero-order valence-electron chi connectivity index (χ0n) is 12.5. The summed E-state index contributed by atoms with van der Waals surface area (Å²) in [7, 11) is 0. The summed E-state index contributed by atoms with van der Waals surface area (Å²) >= 11 is 0. The molecule has 0 bridgehead atoms. The summed E-state index contributed by atoms with van der Waals surface area (Å²) in [6, 6.07) is 2.09. The van der Waals surface area contributed by atoms with Crippen LogP contribution in [-0.2, 0) is 0 Å². The van der Waals surface area contributed by atoms with Gasteiger partial charge in [-0.05, 0) is 59.0 Å². The molecule has 0 aliphatic carbocycles. The highest BCUT2D eigenvalue weighted by Crippen LogP contribution is 2.17. The van der Waals surface area contributed by atoms with Gasteiger partial charge < -0.3 is 10.2 Å². The first-order valence-corrected chi connectivity index (χ1v) is 7.53. The minimum absolute atomic E-state index is 0.670. The van der Waals surface area contributed by atoms with Crippen molar-refractivity contribution < 1.29 is 0 Å². The van der Waals surface area contributed by atoms with Crippen molar-refractivity contribution in [2.75, 3.05) is 13.1 Å². The summed E-state index contributed by atoms with van der Waals surface area (Å²) in [6.07, 6.45) is 5.24. The highest BCUT2D eigenvalue weighted by Gasteiger charge is 2.20. The van der Waals surface area contributed by atoms with Crippen molar-refractivity contribution in [1.29, 1.82) is 0 Å². The van der Waals surface area contributed by atoms with Gasteiger partial charge in [0.25, 0.3) is 0 Å². The Bertz CT molecular complexity index is 193. The first kappa shape index (κ1) is 15.0. The molecule has 1 saturated heterocycles. The molecule has 1 aliphatic heterocycles. The Morgan fingerprint density at radius 2 is 1.65 bits per heavy atom. The van der Waals surface area contributed by atoms with Crippen LogP contribution >= 0.6 is 0 Å². The van der Waals surface area contributed by atoms with Gasteiger partial charge in [0.1, 0.15) is 0 Å². The van der Waals surface area contributed by atoms with Gasteiger partial charge in [0.05, 0.1) is 0 Å². The summed E-state index contributed by atoms with van der Waals surface area (Å²) in [5.74, 6) is 0.864. The molecular weight excluding hydrogens is 208 g/mol. The molecule has 0 amide bonds. The van der Waals surface area contributed by atoms with Crippen molar-refractivity contribution in [2.24, 2.45) is 5.92 Å². The molecule has 2 nitrogen and oxygen atoms in total. The molecule has 1 aliphatic rings. The van der Waals surface area contributed by atoms with E-state index in [9.17, 15) is 0 Å². The standard InChI is InChI=1S/C15H32N2/c1-6-12(2)11-15(5)17-9-7-13(3)16-14(4)8-10-17/h12-16H,6-11H2,1-5H3. The molecule has 0 spiro atoms. The fraction of sp³-hybridized carbons (Fsp3) is 1.00. The Labute approximate surface area is 108 Å². The molecule has 17 heavy (non-hydrogen) atoms. The van der Waals surface area contributed by atoms with Crippen molar-refractivity contribution in [2.45, 2.75) is 78.4 Å². The van der Waals surface area contributed by atoms with Crippen molar-refractivity contribution in [1.82, 2.24) is 10.2 Å². The molecule has 0 aromatic heterocycles. The lowest BCUT2D eigenvalue weighted by Gasteiger charge is -2.35. The molecule has 1 heterocycles. The first-order valence-electron chi connectivity index (χ1n) is 7.53. The quantitative estimate of drug-likeness (QED) is 0.811. The summed E-state index contributed by atoms with van der Waals surface area (Å²) in [6.45, 7) is 14.3. The smallest absolute Gasteiger partial charge is 0.00694 e. The molecule has 0 radical (unpaired) electrons. The van der Waals surface area contributed by atoms with Gasteiger partial charge >= 0.3 is 0 Å².